The second kappa shape index (κ2) is 7.74. The average molecular weight is 256 g/mol. The number of nitrogens with one attached hydrogen (secondary N) is 1. The lowest BCUT2D eigenvalue weighted by Crippen LogP contribution is -2.41. The third-order valence-corrected chi connectivity index (χ3v) is 3.64. The number of likely N-dealkylation sites (N-methyl/N-ethyl adjacent to an activating group) is 1. The fourth-order valence-corrected chi connectivity index (χ4v) is 2.79. The van der Waals surface area contributed by atoms with Gasteiger partial charge in [-0.2, -0.15) is 0 Å². The van der Waals surface area contributed by atoms with Gasteiger partial charge in [-0.05, 0) is 39.2 Å². The van der Waals surface area contributed by atoms with E-state index in [1.807, 2.05) is 13.8 Å². The average Bonchev–Trinajstić information content (AvgIpc) is 2.63. The fraction of sp³-hybridized carbons (Fsp3) is 0.929. The molecular weight excluding hydrogens is 228 g/mol. The zero-order valence-corrected chi connectivity index (χ0v) is 12.2. The van der Waals surface area contributed by atoms with E-state index in [1.54, 1.807) is 0 Å². The lowest BCUT2D eigenvalue weighted by Gasteiger charge is -2.24. The first kappa shape index (κ1) is 15.4. The predicted molar refractivity (Wildman–Crippen MR) is 73.5 cm³/mol. The Morgan fingerprint density at radius 3 is 2.67 bits per heavy atom. The molecule has 106 valence electrons. The van der Waals surface area contributed by atoms with Crippen molar-refractivity contribution in [2.45, 2.75) is 52.6 Å². The number of likely N-dealkylation sites (tertiary alicyclic amines) is 1. The molecule has 1 heterocycles. The zero-order valence-electron chi connectivity index (χ0n) is 12.2. The Labute approximate surface area is 111 Å². The van der Waals surface area contributed by atoms with E-state index in [4.69, 9.17) is 4.74 Å². The van der Waals surface area contributed by atoms with Gasteiger partial charge in [0.05, 0.1) is 6.61 Å². The van der Waals surface area contributed by atoms with Crippen molar-refractivity contribution in [2.75, 3.05) is 26.2 Å². The molecule has 0 radical (unpaired) electrons. The summed E-state index contributed by atoms with van der Waals surface area (Å²) in [5.74, 6) is 0.666. The third-order valence-electron chi connectivity index (χ3n) is 3.64. The summed E-state index contributed by atoms with van der Waals surface area (Å²) in [4.78, 5) is 14.3. The SMILES string of the molecule is CCNC(CCN1CC(C)CC1C)C(=O)OCC. The fourth-order valence-electron chi connectivity index (χ4n) is 2.79. The molecule has 1 N–H and O–H groups in total. The number of carbonyl (C=O) groups excluding carboxylic acids is 1. The van der Waals surface area contributed by atoms with Crippen LogP contribution in [0.2, 0.25) is 0 Å². The van der Waals surface area contributed by atoms with E-state index in [-0.39, 0.29) is 12.0 Å². The smallest absolute Gasteiger partial charge is 0.323 e. The molecule has 4 nitrogen and oxygen atoms in total. The van der Waals surface area contributed by atoms with Crippen LogP contribution in [0.25, 0.3) is 0 Å². The normalized spacial score (nSPS) is 26.2. The first-order chi connectivity index (χ1) is 8.58. The van der Waals surface area contributed by atoms with Crippen LogP contribution >= 0.6 is 0 Å². The maximum Gasteiger partial charge on any atom is 0.323 e. The van der Waals surface area contributed by atoms with Crippen LogP contribution < -0.4 is 5.32 Å². The molecule has 1 rings (SSSR count). The van der Waals surface area contributed by atoms with Crippen molar-refractivity contribution in [2.24, 2.45) is 5.92 Å². The Balaban J connectivity index is 2.39. The molecule has 0 spiro atoms. The lowest BCUT2D eigenvalue weighted by atomic mass is 10.1. The number of ether oxygens (including phenoxy) is 1. The highest BCUT2D eigenvalue weighted by molar-refractivity contribution is 5.75. The highest BCUT2D eigenvalue weighted by Crippen LogP contribution is 2.22. The molecule has 0 bridgehead atoms. The van der Waals surface area contributed by atoms with Crippen LogP contribution in [0.5, 0.6) is 0 Å². The second-order valence-corrected chi connectivity index (χ2v) is 5.34. The molecule has 3 unspecified atom stereocenters. The minimum Gasteiger partial charge on any atom is -0.465 e. The molecule has 0 amide bonds. The Kier molecular flexibility index (Phi) is 6.65. The Morgan fingerprint density at radius 2 is 2.17 bits per heavy atom. The molecule has 18 heavy (non-hydrogen) atoms. The Morgan fingerprint density at radius 1 is 1.44 bits per heavy atom. The monoisotopic (exact) mass is 256 g/mol. The summed E-state index contributed by atoms with van der Waals surface area (Å²) < 4.78 is 5.10. The summed E-state index contributed by atoms with van der Waals surface area (Å²) in [7, 11) is 0. The number of nitrogens with zero attached hydrogens (tertiary/aromatic N) is 1. The molecule has 1 aliphatic rings. The van der Waals surface area contributed by atoms with E-state index in [0.717, 1.165) is 32.0 Å². The molecule has 0 aromatic carbocycles. The molecule has 0 aromatic heterocycles. The van der Waals surface area contributed by atoms with Crippen molar-refractivity contribution in [1.82, 2.24) is 10.2 Å². The van der Waals surface area contributed by atoms with Gasteiger partial charge in [-0.15, -0.1) is 0 Å². The summed E-state index contributed by atoms with van der Waals surface area (Å²) >= 11 is 0. The van der Waals surface area contributed by atoms with Gasteiger partial charge in [-0.1, -0.05) is 13.8 Å². The summed E-state index contributed by atoms with van der Waals surface area (Å²) in [6.45, 7) is 11.8. The molecular formula is C14H28N2O2. The lowest BCUT2D eigenvalue weighted by molar-refractivity contribution is -0.145. The molecule has 1 aliphatic heterocycles. The minimum absolute atomic E-state index is 0.112. The Hall–Kier alpha value is -0.610. The first-order valence-electron chi connectivity index (χ1n) is 7.22. The maximum atomic E-state index is 11.8. The third kappa shape index (κ3) is 4.58. The van der Waals surface area contributed by atoms with Crippen molar-refractivity contribution >= 4 is 5.97 Å². The number of rotatable bonds is 7. The van der Waals surface area contributed by atoms with E-state index in [0.29, 0.717) is 12.6 Å². The van der Waals surface area contributed by atoms with E-state index >= 15 is 0 Å². The van der Waals surface area contributed by atoms with Crippen molar-refractivity contribution in [3.8, 4) is 0 Å². The van der Waals surface area contributed by atoms with Gasteiger partial charge < -0.3 is 15.0 Å². The van der Waals surface area contributed by atoms with E-state index in [9.17, 15) is 4.79 Å². The summed E-state index contributed by atoms with van der Waals surface area (Å²) in [6.07, 6.45) is 2.11. The highest BCUT2D eigenvalue weighted by Gasteiger charge is 2.27. The van der Waals surface area contributed by atoms with Crippen LogP contribution in [0.3, 0.4) is 0 Å². The summed E-state index contributed by atoms with van der Waals surface area (Å²) in [6, 6.07) is 0.488. The number of esters is 1. The maximum absolute atomic E-state index is 11.8. The second-order valence-electron chi connectivity index (χ2n) is 5.34. The van der Waals surface area contributed by atoms with Crippen LogP contribution in [0.15, 0.2) is 0 Å². The minimum atomic E-state index is -0.155. The molecule has 0 aromatic rings. The predicted octanol–water partition coefficient (Wildman–Crippen LogP) is 1.65. The van der Waals surface area contributed by atoms with Gasteiger partial charge in [0.15, 0.2) is 0 Å². The van der Waals surface area contributed by atoms with Crippen molar-refractivity contribution in [3.63, 3.8) is 0 Å². The standard InChI is InChI=1S/C14H28N2O2/c1-5-15-13(14(17)18-6-2)7-8-16-10-11(3)9-12(16)4/h11-13,15H,5-10H2,1-4H3. The van der Waals surface area contributed by atoms with E-state index in [2.05, 4.69) is 24.1 Å². The topological polar surface area (TPSA) is 41.6 Å². The van der Waals surface area contributed by atoms with Crippen LogP contribution in [-0.4, -0.2) is 49.2 Å². The molecule has 1 fully saturated rings. The van der Waals surface area contributed by atoms with Gasteiger partial charge in [-0.25, -0.2) is 0 Å². The molecule has 0 saturated carbocycles. The van der Waals surface area contributed by atoms with Gasteiger partial charge in [0.1, 0.15) is 6.04 Å². The molecule has 4 heteroatoms. The number of carbonyl (C=O) groups is 1. The van der Waals surface area contributed by atoms with Crippen LogP contribution in [-0.2, 0) is 9.53 Å². The van der Waals surface area contributed by atoms with Crippen molar-refractivity contribution in [1.29, 1.82) is 0 Å². The summed E-state index contributed by atoms with van der Waals surface area (Å²) in [5, 5.41) is 3.22. The summed E-state index contributed by atoms with van der Waals surface area (Å²) in [5.41, 5.74) is 0. The van der Waals surface area contributed by atoms with Gasteiger partial charge in [-0.3, -0.25) is 4.79 Å². The number of hydrogen-bond donors (Lipinski definition) is 1. The van der Waals surface area contributed by atoms with E-state index in [1.165, 1.54) is 6.42 Å². The van der Waals surface area contributed by atoms with Gasteiger partial charge >= 0.3 is 5.97 Å². The number of hydrogen-bond acceptors (Lipinski definition) is 4. The highest BCUT2D eigenvalue weighted by atomic mass is 16.5. The molecule has 3 atom stereocenters. The van der Waals surface area contributed by atoms with Crippen molar-refractivity contribution in [3.05, 3.63) is 0 Å². The van der Waals surface area contributed by atoms with Crippen molar-refractivity contribution < 1.29 is 9.53 Å². The van der Waals surface area contributed by atoms with Gasteiger partial charge in [0.2, 0.25) is 0 Å². The zero-order chi connectivity index (χ0) is 13.5. The molecule has 1 saturated heterocycles. The quantitative estimate of drug-likeness (QED) is 0.703. The Bertz CT molecular complexity index is 258. The largest absolute Gasteiger partial charge is 0.465 e. The van der Waals surface area contributed by atoms with Gasteiger partial charge in [0.25, 0.3) is 0 Å². The van der Waals surface area contributed by atoms with Crippen LogP contribution in [0.1, 0.15) is 40.5 Å². The molecule has 0 aliphatic carbocycles. The first-order valence-corrected chi connectivity index (χ1v) is 7.22. The van der Waals surface area contributed by atoms with Crippen LogP contribution in [0, 0.1) is 5.92 Å². The van der Waals surface area contributed by atoms with E-state index < -0.39 is 0 Å². The van der Waals surface area contributed by atoms with Gasteiger partial charge in [0, 0.05) is 19.1 Å². The van der Waals surface area contributed by atoms with Crippen LogP contribution in [0.4, 0.5) is 0 Å².